The minimum absolute atomic E-state index is 0.105. The van der Waals surface area contributed by atoms with E-state index in [1.165, 1.54) is 5.56 Å². The summed E-state index contributed by atoms with van der Waals surface area (Å²) in [7, 11) is 0. The number of anilines is 4. The van der Waals surface area contributed by atoms with Gasteiger partial charge in [-0.05, 0) is 56.5 Å². The molecule has 5 heteroatoms. The van der Waals surface area contributed by atoms with E-state index in [1.54, 1.807) is 0 Å². The van der Waals surface area contributed by atoms with Crippen molar-refractivity contribution >= 4 is 28.9 Å². The molecule has 2 N–H and O–H groups in total. The van der Waals surface area contributed by atoms with Gasteiger partial charge in [-0.3, -0.25) is 4.79 Å². The van der Waals surface area contributed by atoms with Crippen LogP contribution in [0.2, 0.25) is 0 Å². The summed E-state index contributed by atoms with van der Waals surface area (Å²) in [6, 6.07) is 16.1. The number of rotatable bonds is 4. The predicted octanol–water partition coefficient (Wildman–Crippen LogP) is 5.10. The van der Waals surface area contributed by atoms with Crippen molar-refractivity contribution in [2.75, 3.05) is 10.6 Å². The molecule has 1 aliphatic rings. The Bertz CT molecular complexity index is 996. The maximum atomic E-state index is 12.5. The number of nitrogens with one attached hydrogen (secondary N) is 2. The second-order valence-electron chi connectivity index (χ2n) is 6.98. The van der Waals surface area contributed by atoms with Crippen molar-refractivity contribution in [2.45, 2.75) is 33.1 Å². The molecule has 5 nitrogen and oxygen atoms in total. The molecular formula is C22H22N4O. The molecule has 0 bridgehead atoms. The van der Waals surface area contributed by atoms with Gasteiger partial charge in [0.15, 0.2) is 5.78 Å². The van der Waals surface area contributed by atoms with Crippen molar-refractivity contribution in [3.8, 4) is 0 Å². The Morgan fingerprint density at radius 2 is 1.67 bits per heavy atom. The number of fused-ring (bicyclic) bond motifs is 1. The Morgan fingerprint density at radius 3 is 2.44 bits per heavy atom. The number of Topliss-reactive ketones (excluding diaryl/α,β-unsaturated/α-hetero) is 1. The average Bonchev–Trinajstić information content (AvgIpc) is 2.63. The van der Waals surface area contributed by atoms with E-state index in [1.807, 2.05) is 62.4 Å². The smallest absolute Gasteiger partial charge is 0.229 e. The summed E-state index contributed by atoms with van der Waals surface area (Å²) in [6.07, 6.45) is 2.16. The Labute approximate surface area is 158 Å². The van der Waals surface area contributed by atoms with Gasteiger partial charge in [0.1, 0.15) is 5.82 Å². The van der Waals surface area contributed by atoms with E-state index < -0.39 is 0 Å². The average molecular weight is 358 g/mol. The minimum Gasteiger partial charge on any atom is -0.339 e. The van der Waals surface area contributed by atoms with Crippen LogP contribution in [0.15, 0.2) is 48.5 Å². The van der Waals surface area contributed by atoms with E-state index in [2.05, 4.69) is 20.6 Å². The fourth-order valence-corrected chi connectivity index (χ4v) is 3.29. The SMILES string of the molecule is Cc1ccc(Nc2nc(Nc3cccc(C)c3)nc3c2C(=O)CCC3)cc1. The number of hydrogen-bond acceptors (Lipinski definition) is 5. The Hall–Kier alpha value is -3.21. The Morgan fingerprint density at radius 1 is 0.852 bits per heavy atom. The van der Waals surface area contributed by atoms with E-state index in [0.717, 1.165) is 35.5 Å². The van der Waals surface area contributed by atoms with E-state index in [-0.39, 0.29) is 5.78 Å². The predicted molar refractivity (Wildman–Crippen MR) is 108 cm³/mol. The van der Waals surface area contributed by atoms with E-state index in [0.29, 0.717) is 23.8 Å². The Balaban J connectivity index is 1.73. The number of aromatic nitrogens is 2. The first-order valence-corrected chi connectivity index (χ1v) is 9.20. The maximum Gasteiger partial charge on any atom is 0.229 e. The molecule has 2 aromatic carbocycles. The molecule has 1 aromatic heterocycles. The van der Waals surface area contributed by atoms with Gasteiger partial charge in [-0.25, -0.2) is 4.98 Å². The van der Waals surface area contributed by atoms with Crippen LogP contribution in [0.5, 0.6) is 0 Å². The van der Waals surface area contributed by atoms with Gasteiger partial charge in [-0.2, -0.15) is 4.98 Å². The summed E-state index contributed by atoms with van der Waals surface area (Å²) in [5.74, 6) is 1.18. The summed E-state index contributed by atoms with van der Waals surface area (Å²) in [5.41, 5.74) is 5.61. The van der Waals surface area contributed by atoms with Crippen LogP contribution in [0.4, 0.5) is 23.1 Å². The zero-order valence-corrected chi connectivity index (χ0v) is 15.5. The topological polar surface area (TPSA) is 66.9 Å². The first kappa shape index (κ1) is 17.2. The van der Waals surface area contributed by atoms with Crippen LogP contribution in [0.25, 0.3) is 0 Å². The molecule has 27 heavy (non-hydrogen) atoms. The largest absolute Gasteiger partial charge is 0.339 e. The van der Waals surface area contributed by atoms with Crippen LogP contribution in [0.1, 0.15) is 40.0 Å². The number of carbonyl (C=O) groups excluding carboxylic acids is 1. The van der Waals surface area contributed by atoms with Crippen LogP contribution >= 0.6 is 0 Å². The quantitative estimate of drug-likeness (QED) is 0.679. The summed E-state index contributed by atoms with van der Waals surface area (Å²) < 4.78 is 0. The molecule has 4 rings (SSSR count). The summed E-state index contributed by atoms with van der Waals surface area (Å²) in [4.78, 5) is 21.8. The summed E-state index contributed by atoms with van der Waals surface area (Å²) >= 11 is 0. The number of benzene rings is 2. The normalized spacial score (nSPS) is 13.2. The van der Waals surface area contributed by atoms with Crippen molar-refractivity contribution in [3.63, 3.8) is 0 Å². The molecule has 1 heterocycles. The van der Waals surface area contributed by atoms with Gasteiger partial charge in [0.25, 0.3) is 0 Å². The van der Waals surface area contributed by atoms with Crippen LogP contribution in [0, 0.1) is 13.8 Å². The molecule has 3 aromatic rings. The van der Waals surface area contributed by atoms with Crippen molar-refractivity contribution in [3.05, 3.63) is 70.9 Å². The summed E-state index contributed by atoms with van der Waals surface area (Å²) in [5, 5.41) is 6.59. The molecule has 0 spiro atoms. The monoisotopic (exact) mass is 358 g/mol. The molecule has 1 aliphatic carbocycles. The second kappa shape index (κ2) is 7.19. The fourth-order valence-electron chi connectivity index (χ4n) is 3.29. The standard InChI is InChI=1S/C22H22N4O/c1-14-9-11-16(12-10-14)23-21-20-18(7-4-8-19(20)27)25-22(26-21)24-17-6-3-5-15(2)13-17/h3,5-6,9-13H,4,7-8H2,1-2H3,(H2,23,24,25,26). The highest BCUT2D eigenvalue weighted by Gasteiger charge is 2.24. The highest BCUT2D eigenvalue weighted by molar-refractivity contribution is 6.03. The lowest BCUT2D eigenvalue weighted by Gasteiger charge is -2.19. The molecule has 0 amide bonds. The second-order valence-corrected chi connectivity index (χ2v) is 6.98. The first-order valence-electron chi connectivity index (χ1n) is 9.20. The highest BCUT2D eigenvalue weighted by Crippen LogP contribution is 2.30. The van der Waals surface area contributed by atoms with Crippen molar-refractivity contribution in [1.82, 2.24) is 9.97 Å². The molecule has 0 atom stereocenters. The molecule has 0 saturated carbocycles. The molecule has 0 radical (unpaired) electrons. The van der Waals surface area contributed by atoms with E-state index in [9.17, 15) is 4.79 Å². The van der Waals surface area contributed by atoms with Gasteiger partial charge in [0, 0.05) is 17.8 Å². The maximum absolute atomic E-state index is 12.5. The van der Waals surface area contributed by atoms with Gasteiger partial charge in [-0.15, -0.1) is 0 Å². The fraction of sp³-hybridized carbons (Fsp3) is 0.227. The Kier molecular flexibility index (Phi) is 4.59. The zero-order chi connectivity index (χ0) is 18.8. The van der Waals surface area contributed by atoms with Gasteiger partial charge in [0.05, 0.1) is 11.3 Å². The lowest BCUT2D eigenvalue weighted by molar-refractivity contribution is 0.0972. The van der Waals surface area contributed by atoms with Crippen LogP contribution in [-0.2, 0) is 6.42 Å². The number of ketones is 1. The zero-order valence-electron chi connectivity index (χ0n) is 15.5. The van der Waals surface area contributed by atoms with Gasteiger partial charge < -0.3 is 10.6 Å². The molecular weight excluding hydrogens is 336 g/mol. The lowest BCUT2D eigenvalue weighted by atomic mass is 9.95. The van der Waals surface area contributed by atoms with Crippen molar-refractivity contribution in [2.24, 2.45) is 0 Å². The molecule has 0 saturated heterocycles. The van der Waals surface area contributed by atoms with Gasteiger partial charge in [0.2, 0.25) is 5.95 Å². The lowest BCUT2D eigenvalue weighted by Crippen LogP contribution is -2.17. The number of aryl methyl sites for hydroxylation is 3. The summed E-state index contributed by atoms with van der Waals surface area (Å²) in [6.45, 7) is 4.09. The molecule has 0 aliphatic heterocycles. The minimum atomic E-state index is 0.105. The first-order chi connectivity index (χ1) is 13.1. The third kappa shape index (κ3) is 3.82. The molecule has 136 valence electrons. The van der Waals surface area contributed by atoms with E-state index >= 15 is 0 Å². The molecule has 0 unspecified atom stereocenters. The van der Waals surface area contributed by atoms with Gasteiger partial charge in [-0.1, -0.05) is 29.8 Å². The van der Waals surface area contributed by atoms with E-state index in [4.69, 9.17) is 0 Å². The van der Waals surface area contributed by atoms with Crippen LogP contribution in [-0.4, -0.2) is 15.8 Å². The number of nitrogens with zero attached hydrogens (tertiary/aromatic N) is 2. The number of carbonyl (C=O) groups is 1. The highest BCUT2D eigenvalue weighted by atomic mass is 16.1. The van der Waals surface area contributed by atoms with Crippen molar-refractivity contribution < 1.29 is 4.79 Å². The molecule has 0 fully saturated rings. The third-order valence-electron chi connectivity index (χ3n) is 4.67. The van der Waals surface area contributed by atoms with Crippen molar-refractivity contribution in [1.29, 1.82) is 0 Å². The number of hydrogen-bond donors (Lipinski definition) is 2. The third-order valence-corrected chi connectivity index (χ3v) is 4.67. The van der Waals surface area contributed by atoms with Crippen LogP contribution in [0.3, 0.4) is 0 Å². The van der Waals surface area contributed by atoms with Gasteiger partial charge >= 0.3 is 0 Å². The van der Waals surface area contributed by atoms with Crippen LogP contribution < -0.4 is 10.6 Å².